The van der Waals surface area contributed by atoms with Crippen LogP contribution in [0.3, 0.4) is 0 Å². The van der Waals surface area contributed by atoms with Crippen LogP contribution in [0.5, 0.6) is 0 Å². The fourth-order valence-electron chi connectivity index (χ4n) is 3.09. The van der Waals surface area contributed by atoms with Crippen LogP contribution in [0.15, 0.2) is 12.1 Å². The molecule has 0 N–H and O–H groups in total. The molecule has 0 spiro atoms. The largest absolute Gasteiger partial charge is 0.356 e. The summed E-state index contributed by atoms with van der Waals surface area (Å²) in [6.07, 6.45) is 3.79. The Kier molecular flexibility index (Phi) is 4.95. The molecule has 0 unspecified atom stereocenters. The van der Waals surface area contributed by atoms with Gasteiger partial charge in [0.1, 0.15) is 5.82 Å². The van der Waals surface area contributed by atoms with Gasteiger partial charge in [0.05, 0.1) is 0 Å². The minimum atomic E-state index is 0.446. The first kappa shape index (κ1) is 15.6. The normalized spacial score (nSPS) is 18.0. The van der Waals surface area contributed by atoms with Gasteiger partial charge < -0.3 is 4.90 Å². The molecular weight excluding hydrogens is 268 g/mol. The van der Waals surface area contributed by atoms with E-state index in [9.17, 15) is 0 Å². The molecule has 1 saturated heterocycles. The van der Waals surface area contributed by atoms with E-state index in [2.05, 4.69) is 44.7 Å². The van der Waals surface area contributed by atoms with Crippen LogP contribution < -0.4 is 4.90 Å². The Morgan fingerprint density at radius 1 is 1.30 bits per heavy atom. The van der Waals surface area contributed by atoms with Gasteiger partial charge in [-0.3, -0.25) is 0 Å². The summed E-state index contributed by atoms with van der Waals surface area (Å²) in [6.45, 7) is 11.3. The molecule has 1 aliphatic heterocycles. The first-order chi connectivity index (χ1) is 9.53. The van der Waals surface area contributed by atoms with E-state index in [-0.39, 0.29) is 0 Å². The lowest BCUT2D eigenvalue weighted by atomic mass is 9.82. The van der Waals surface area contributed by atoms with Gasteiger partial charge in [0.25, 0.3) is 0 Å². The van der Waals surface area contributed by atoms with Crippen molar-refractivity contribution < 1.29 is 0 Å². The Morgan fingerprint density at radius 3 is 2.50 bits per heavy atom. The number of halogens is 1. The van der Waals surface area contributed by atoms with Crippen molar-refractivity contribution in [3.63, 3.8) is 0 Å². The summed E-state index contributed by atoms with van der Waals surface area (Å²) in [5.74, 6) is 2.13. The zero-order valence-corrected chi connectivity index (χ0v) is 14.0. The Hall–Kier alpha value is -0.760. The maximum absolute atomic E-state index is 6.05. The number of hydrogen-bond acceptors (Lipinski definition) is 2. The molecule has 2 nitrogen and oxygen atoms in total. The molecule has 0 amide bonds. The summed E-state index contributed by atoms with van der Waals surface area (Å²) < 4.78 is 0. The summed E-state index contributed by atoms with van der Waals surface area (Å²) in [4.78, 5) is 7.32. The van der Waals surface area contributed by atoms with Gasteiger partial charge in [0.15, 0.2) is 0 Å². The van der Waals surface area contributed by atoms with Crippen molar-refractivity contribution in [2.24, 2.45) is 5.41 Å². The average molecular weight is 295 g/mol. The van der Waals surface area contributed by atoms with Crippen molar-refractivity contribution >= 4 is 17.4 Å². The first-order valence-electron chi connectivity index (χ1n) is 7.85. The van der Waals surface area contributed by atoms with E-state index in [4.69, 9.17) is 16.6 Å². The second-order valence-corrected chi connectivity index (χ2v) is 6.69. The highest BCUT2D eigenvalue weighted by atomic mass is 35.5. The SMILES string of the molecule is CCC1(CC)CCN(c2cc(CCl)cc(C(C)C)n2)C1. The van der Waals surface area contributed by atoms with Gasteiger partial charge in [-0.15, -0.1) is 11.6 Å². The van der Waals surface area contributed by atoms with Crippen LogP contribution in [0.4, 0.5) is 5.82 Å². The molecule has 2 rings (SSSR count). The van der Waals surface area contributed by atoms with Crippen LogP contribution in [0.25, 0.3) is 0 Å². The fraction of sp³-hybridized carbons (Fsp3) is 0.706. The number of pyridine rings is 1. The number of aromatic nitrogens is 1. The zero-order chi connectivity index (χ0) is 14.8. The average Bonchev–Trinajstić information content (AvgIpc) is 2.92. The highest BCUT2D eigenvalue weighted by molar-refractivity contribution is 6.17. The molecule has 20 heavy (non-hydrogen) atoms. The van der Waals surface area contributed by atoms with Crippen molar-refractivity contribution in [2.45, 2.75) is 58.8 Å². The lowest BCUT2D eigenvalue weighted by molar-refractivity contribution is 0.301. The molecule has 1 fully saturated rings. The quantitative estimate of drug-likeness (QED) is 0.714. The zero-order valence-electron chi connectivity index (χ0n) is 13.2. The minimum absolute atomic E-state index is 0.446. The van der Waals surface area contributed by atoms with Crippen LogP contribution in [0, 0.1) is 5.41 Å². The molecular formula is C17H27ClN2. The Labute approximate surface area is 128 Å². The van der Waals surface area contributed by atoms with Crippen molar-refractivity contribution in [3.8, 4) is 0 Å². The van der Waals surface area contributed by atoms with Gasteiger partial charge in [-0.05, 0) is 48.3 Å². The highest BCUT2D eigenvalue weighted by Gasteiger charge is 2.35. The molecule has 1 aliphatic rings. The van der Waals surface area contributed by atoms with Crippen molar-refractivity contribution in [3.05, 3.63) is 23.4 Å². The van der Waals surface area contributed by atoms with Gasteiger partial charge in [-0.2, -0.15) is 0 Å². The van der Waals surface area contributed by atoms with Crippen molar-refractivity contribution in [2.75, 3.05) is 18.0 Å². The van der Waals surface area contributed by atoms with Crippen LogP contribution in [0.1, 0.15) is 64.1 Å². The third kappa shape index (κ3) is 3.11. The predicted molar refractivity (Wildman–Crippen MR) is 87.7 cm³/mol. The van der Waals surface area contributed by atoms with Gasteiger partial charge in [0.2, 0.25) is 0 Å². The van der Waals surface area contributed by atoms with E-state index in [1.807, 2.05) is 0 Å². The Balaban J connectivity index is 2.27. The van der Waals surface area contributed by atoms with E-state index < -0.39 is 0 Å². The fourth-order valence-corrected chi connectivity index (χ4v) is 3.24. The van der Waals surface area contributed by atoms with Gasteiger partial charge in [-0.1, -0.05) is 27.7 Å². The molecule has 1 aromatic heterocycles. The second-order valence-electron chi connectivity index (χ2n) is 6.43. The molecule has 1 aromatic rings. The Morgan fingerprint density at radius 2 is 2.00 bits per heavy atom. The monoisotopic (exact) mass is 294 g/mol. The maximum Gasteiger partial charge on any atom is 0.129 e. The highest BCUT2D eigenvalue weighted by Crippen LogP contribution is 2.39. The van der Waals surface area contributed by atoms with Gasteiger partial charge in [-0.25, -0.2) is 4.98 Å². The van der Waals surface area contributed by atoms with Crippen LogP contribution in [-0.2, 0) is 5.88 Å². The van der Waals surface area contributed by atoms with E-state index in [1.54, 1.807) is 0 Å². The minimum Gasteiger partial charge on any atom is -0.356 e. The van der Waals surface area contributed by atoms with Gasteiger partial charge >= 0.3 is 0 Å². The van der Waals surface area contributed by atoms with Crippen LogP contribution in [0.2, 0.25) is 0 Å². The molecule has 3 heteroatoms. The Bertz CT molecular complexity index is 452. The molecule has 0 aliphatic carbocycles. The summed E-state index contributed by atoms with van der Waals surface area (Å²) in [5.41, 5.74) is 2.82. The molecule has 0 radical (unpaired) electrons. The summed E-state index contributed by atoms with van der Waals surface area (Å²) in [5, 5.41) is 0. The molecule has 0 atom stereocenters. The molecule has 0 aromatic carbocycles. The standard InChI is InChI=1S/C17H27ClN2/c1-5-17(6-2)7-8-20(12-17)16-10-14(11-18)9-15(19-16)13(3)4/h9-10,13H,5-8,11-12H2,1-4H3. The van der Waals surface area contributed by atoms with E-state index >= 15 is 0 Å². The third-order valence-electron chi connectivity index (χ3n) is 4.90. The lowest BCUT2D eigenvalue weighted by Gasteiger charge is -2.27. The number of nitrogens with zero attached hydrogens (tertiary/aromatic N) is 2. The van der Waals surface area contributed by atoms with Gasteiger partial charge in [0, 0.05) is 24.7 Å². The number of alkyl halides is 1. The lowest BCUT2D eigenvalue weighted by Crippen LogP contribution is -2.27. The second kappa shape index (κ2) is 6.34. The topological polar surface area (TPSA) is 16.1 Å². The summed E-state index contributed by atoms with van der Waals surface area (Å²) in [6, 6.07) is 4.31. The molecule has 0 bridgehead atoms. The van der Waals surface area contributed by atoms with E-state index in [0.29, 0.717) is 17.2 Å². The number of anilines is 1. The number of hydrogen-bond donors (Lipinski definition) is 0. The van der Waals surface area contributed by atoms with Crippen LogP contribution >= 0.6 is 11.6 Å². The summed E-state index contributed by atoms with van der Waals surface area (Å²) >= 11 is 6.05. The predicted octanol–water partition coefficient (Wildman–Crippen LogP) is 4.96. The van der Waals surface area contributed by atoms with Crippen molar-refractivity contribution in [1.82, 2.24) is 4.98 Å². The van der Waals surface area contributed by atoms with E-state index in [1.165, 1.54) is 24.8 Å². The van der Waals surface area contributed by atoms with Crippen LogP contribution in [-0.4, -0.2) is 18.1 Å². The maximum atomic E-state index is 6.05. The number of rotatable bonds is 5. The smallest absolute Gasteiger partial charge is 0.129 e. The first-order valence-corrected chi connectivity index (χ1v) is 8.39. The third-order valence-corrected chi connectivity index (χ3v) is 5.21. The molecule has 0 saturated carbocycles. The molecule has 2 heterocycles. The van der Waals surface area contributed by atoms with Crippen molar-refractivity contribution in [1.29, 1.82) is 0 Å². The summed E-state index contributed by atoms with van der Waals surface area (Å²) in [7, 11) is 0. The van der Waals surface area contributed by atoms with E-state index in [0.717, 1.165) is 24.6 Å². The molecule has 112 valence electrons.